The van der Waals surface area contributed by atoms with Crippen LogP contribution in [0, 0.1) is 15.9 Å². The van der Waals surface area contributed by atoms with Gasteiger partial charge in [0, 0.05) is 25.2 Å². The van der Waals surface area contributed by atoms with Crippen molar-refractivity contribution < 1.29 is 9.31 Å². The molecule has 1 N–H and O–H groups in total. The zero-order chi connectivity index (χ0) is 13.8. The predicted octanol–water partition coefficient (Wildman–Crippen LogP) is 3.00. The minimum atomic E-state index is -0.512. The zero-order valence-electron chi connectivity index (χ0n) is 10.4. The van der Waals surface area contributed by atoms with Gasteiger partial charge in [0.05, 0.1) is 9.40 Å². The Bertz CT molecular complexity index is 478. The molecule has 0 saturated carbocycles. The smallest absolute Gasteiger partial charge is 0.293 e. The first-order valence-corrected chi connectivity index (χ1v) is 6.97. The molecular formula is C12H15BrFN3O2. The van der Waals surface area contributed by atoms with Gasteiger partial charge in [-0.25, -0.2) is 4.39 Å². The van der Waals surface area contributed by atoms with Gasteiger partial charge in [-0.15, -0.1) is 0 Å². The highest BCUT2D eigenvalue weighted by atomic mass is 79.9. The number of nitrogens with zero attached hydrogens (tertiary/aromatic N) is 2. The summed E-state index contributed by atoms with van der Waals surface area (Å²) in [5, 5.41) is 13.9. The van der Waals surface area contributed by atoms with Crippen molar-refractivity contribution >= 4 is 27.3 Å². The molecule has 19 heavy (non-hydrogen) atoms. The largest absolute Gasteiger partial charge is 0.378 e. The fraction of sp³-hybridized carbons (Fsp3) is 0.500. The highest BCUT2D eigenvalue weighted by Crippen LogP contribution is 2.30. The first-order valence-electron chi connectivity index (χ1n) is 6.17. The molecule has 0 aliphatic carbocycles. The molecule has 0 spiro atoms. The standard InChI is InChI=1S/C12H15BrFN3O2/c13-9-7-12(17(18)19)11(8-10(9)14)15-3-6-16-4-1-2-5-16/h7-8,15H,1-6H2. The molecule has 1 saturated heterocycles. The third-order valence-electron chi connectivity index (χ3n) is 3.18. The summed E-state index contributed by atoms with van der Waals surface area (Å²) in [4.78, 5) is 12.7. The van der Waals surface area contributed by atoms with Crippen LogP contribution in [-0.2, 0) is 0 Å². The van der Waals surface area contributed by atoms with E-state index in [0.717, 1.165) is 25.7 Å². The maximum Gasteiger partial charge on any atom is 0.293 e. The topological polar surface area (TPSA) is 58.4 Å². The molecule has 1 aromatic rings. The molecule has 1 aliphatic rings. The van der Waals surface area contributed by atoms with E-state index < -0.39 is 10.7 Å². The second kappa shape index (κ2) is 6.29. The Morgan fingerprint density at radius 1 is 1.42 bits per heavy atom. The maximum atomic E-state index is 13.4. The molecule has 0 amide bonds. The van der Waals surface area contributed by atoms with E-state index in [1.807, 2.05) is 0 Å². The maximum absolute atomic E-state index is 13.4. The molecule has 1 aliphatic heterocycles. The van der Waals surface area contributed by atoms with Gasteiger partial charge in [0.1, 0.15) is 11.5 Å². The van der Waals surface area contributed by atoms with E-state index in [-0.39, 0.29) is 15.8 Å². The monoisotopic (exact) mass is 331 g/mol. The first-order chi connectivity index (χ1) is 9.08. The highest BCUT2D eigenvalue weighted by Gasteiger charge is 2.18. The Morgan fingerprint density at radius 3 is 2.74 bits per heavy atom. The molecule has 0 radical (unpaired) electrons. The Labute approximate surface area is 119 Å². The number of nitro benzene ring substituents is 1. The zero-order valence-corrected chi connectivity index (χ0v) is 12.0. The second-order valence-electron chi connectivity index (χ2n) is 4.52. The molecule has 1 fully saturated rings. The first kappa shape index (κ1) is 14.2. The van der Waals surface area contributed by atoms with E-state index in [1.54, 1.807) is 0 Å². The molecule has 2 rings (SSSR count). The van der Waals surface area contributed by atoms with Gasteiger partial charge in [-0.3, -0.25) is 10.1 Å². The quantitative estimate of drug-likeness (QED) is 0.665. The molecule has 1 heterocycles. The van der Waals surface area contributed by atoms with Crippen LogP contribution in [0.1, 0.15) is 12.8 Å². The lowest BCUT2D eigenvalue weighted by Gasteiger charge is -2.15. The van der Waals surface area contributed by atoms with Crippen LogP contribution in [0.5, 0.6) is 0 Å². The molecule has 7 heteroatoms. The summed E-state index contributed by atoms with van der Waals surface area (Å²) >= 11 is 2.96. The van der Waals surface area contributed by atoms with E-state index in [1.165, 1.54) is 18.9 Å². The summed E-state index contributed by atoms with van der Waals surface area (Å²) in [6, 6.07) is 2.35. The van der Waals surface area contributed by atoms with Crippen molar-refractivity contribution in [3.8, 4) is 0 Å². The Kier molecular flexibility index (Phi) is 4.71. The molecule has 0 atom stereocenters. The van der Waals surface area contributed by atoms with Crippen LogP contribution in [0.15, 0.2) is 16.6 Å². The summed E-state index contributed by atoms with van der Waals surface area (Å²) in [7, 11) is 0. The van der Waals surface area contributed by atoms with E-state index in [4.69, 9.17) is 0 Å². The van der Waals surface area contributed by atoms with E-state index in [2.05, 4.69) is 26.1 Å². The van der Waals surface area contributed by atoms with Crippen molar-refractivity contribution in [1.82, 2.24) is 4.90 Å². The molecule has 1 aromatic carbocycles. The van der Waals surface area contributed by atoms with Crippen molar-refractivity contribution in [2.45, 2.75) is 12.8 Å². The number of nitrogens with one attached hydrogen (secondary N) is 1. The van der Waals surface area contributed by atoms with Crippen LogP contribution in [0.3, 0.4) is 0 Å². The number of hydrogen-bond donors (Lipinski definition) is 1. The number of benzene rings is 1. The normalized spacial score (nSPS) is 15.7. The van der Waals surface area contributed by atoms with Crippen LogP contribution in [0.4, 0.5) is 15.8 Å². The predicted molar refractivity (Wildman–Crippen MR) is 74.9 cm³/mol. The van der Waals surface area contributed by atoms with Crippen molar-refractivity contribution in [2.75, 3.05) is 31.5 Å². The summed E-state index contributed by atoms with van der Waals surface area (Å²) in [5.41, 5.74) is 0.111. The lowest BCUT2D eigenvalue weighted by atomic mass is 10.2. The SMILES string of the molecule is O=[N+]([O-])c1cc(Br)c(F)cc1NCCN1CCCC1. The lowest BCUT2D eigenvalue weighted by molar-refractivity contribution is -0.384. The average Bonchev–Trinajstić information content (AvgIpc) is 2.86. The molecule has 0 unspecified atom stereocenters. The minimum Gasteiger partial charge on any atom is -0.378 e. The number of rotatable bonds is 5. The van der Waals surface area contributed by atoms with Gasteiger partial charge in [0.25, 0.3) is 5.69 Å². The van der Waals surface area contributed by atoms with Gasteiger partial charge in [0.2, 0.25) is 0 Å². The van der Waals surface area contributed by atoms with Crippen molar-refractivity contribution in [1.29, 1.82) is 0 Å². The summed E-state index contributed by atoms with van der Waals surface area (Å²) in [6.07, 6.45) is 2.40. The third-order valence-corrected chi connectivity index (χ3v) is 3.79. The molecule has 0 aromatic heterocycles. The molecule has 0 bridgehead atoms. The van der Waals surface area contributed by atoms with E-state index >= 15 is 0 Å². The Hall–Kier alpha value is -1.21. The van der Waals surface area contributed by atoms with E-state index in [0.29, 0.717) is 6.54 Å². The van der Waals surface area contributed by atoms with Crippen LogP contribution >= 0.6 is 15.9 Å². The van der Waals surface area contributed by atoms with Crippen molar-refractivity contribution in [3.63, 3.8) is 0 Å². The van der Waals surface area contributed by atoms with Crippen molar-refractivity contribution in [2.24, 2.45) is 0 Å². The van der Waals surface area contributed by atoms with Crippen molar-refractivity contribution in [3.05, 3.63) is 32.5 Å². The summed E-state index contributed by atoms with van der Waals surface area (Å²) in [6.45, 7) is 3.52. The van der Waals surface area contributed by atoms with Gasteiger partial charge < -0.3 is 10.2 Å². The number of hydrogen-bond acceptors (Lipinski definition) is 4. The fourth-order valence-corrected chi connectivity index (χ4v) is 2.52. The van der Waals surface area contributed by atoms with Crippen LogP contribution in [0.2, 0.25) is 0 Å². The Morgan fingerprint density at radius 2 is 2.11 bits per heavy atom. The number of nitro groups is 1. The van der Waals surface area contributed by atoms with Gasteiger partial charge in [-0.05, 0) is 41.9 Å². The van der Waals surface area contributed by atoms with E-state index in [9.17, 15) is 14.5 Å². The Balaban J connectivity index is 2.01. The lowest BCUT2D eigenvalue weighted by Crippen LogP contribution is -2.26. The molecular weight excluding hydrogens is 317 g/mol. The van der Waals surface area contributed by atoms with Crippen LogP contribution in [-0.4, -0.2) is 36.0 Å². The van der Waals surface area contributed by atoms with Crippen LogP contribution in [0.25, 0.3) is 0 Å². The number of halogens is 2. The van der Waals surface area contributed by atoms with Gasteiger partial charge in [-0.2, -0.15) is 0 Å². The average molecular weight is 332 g/mol. The van der Waals surface area contributed by atoms with Crippen LogP contribution < -0.4 is 5.32 Å². The van der Waals surface area contributed by atoms with Gasteiger partial charge in [0.15, 0.2) is 0 Å². The highest BCUT2D eigenvalue weighted by molar-refractivity contribution is 9.10. The second-order valence-corrected chi connectivity index (χ2v) is 5.37. The van der Waals surface area contributed by atoms with Gasteiger partial charge in [-0.1, -0.05) is 0 Å². The number of anilines is 1. The fourth-order valence-electron chi connectivity index (χ4n) is 2.18. The molecule has 104 valence electrons. The van der Waals surface area contributed by atoms with Gasteiger partial charge >= 0.3 is 0 Å². The summed E-state index contributed by atoms with van der Waals surface area (Å²) < 4.78 is 13.5. The number of likely N-dealkylation sites (tertiary alicyclic amines) is 1. The minimum absolute atomic E-state index is 0.101. The molecule has 5 nitrogen and oxygen atoms in total. The third kappa shape index (κ3) is 3.63. The summed E-state index contributed by atoms with van der Waals surface area (Å²) in [5.74, 6) is -0.505.